The number of nitrogens with zero attached hydrogens (tertiary/aromatic N) is 1. The monoisotopic (exact) mass is 331 g/mol. The number of amides is 1. The molecular formula is C16H14BrNO2. The molecule has 1 atom stereocenters. The molecular weight excluding hydrogens is 318 g/mol. The summed E-state index contributed by atoms with van der Waals surface area (Å²) in [6, 6.07) is 15.4. The van der Waals surface area contributed by atoms with Crippen LogP contribution >= 0.6 is 15.9 Å². The Balaban J connectivity index is 2.00. The molecule has 2 aromatic rings. The molecule has 1 aliphatic rings. The predicted octanol–water partition coefficient (Wildman–Crippen LogP) is 3.65. The van der Waals surface area contributed by atoms with E-state index in [0.717, 1.165) is 10.0 Å². The topological polar surface area (TPSA) is 29.5 Å². The van der Waals surface area contributed by atoms with E-state index < -0.39 is 0 Å². The van der Waals surface area contributed by atoms with Gasteiger partial charge in [-0.05, 0) is 23.8 Å². The molecule has 0 radical (unpaired) electrons. The van der Waals surface area contributed by atoms with E-state index in [2.05, 4.69) is 15.9 Å². The summed E-state index contributed by atoms with van der Waals surface area (Å²) in [6.45, 7) is 0.454. The maximum atomic E-state index is 12.6. The maximum absolute atomic E-state index is 12.6. The summed E-state index contributed by atoms with van der Waals surface area (Å²) in [5, 5.41) is 0. The van der Waals surface area contributed by atoms with Crippen LogP contribution in [0.1, 0.15) is 22.0 Å². The number of benzene rings is 2. The maximum Gasteiger partial charge on any atom is 0.257 e. The zero-order valence-electron chi connectivity index (χ0n) is 11.0. The lowest BCUT2D eigenvalue weighted by atomic mass is 10.1. The molecule has 3 rings (SSSR count). The summed E-state index contributed by atoms with van der Waals surface area (Å²) in [6.07, 6.45) is 0. The third-order valence-electron chi connectivity index (χ3n) is 3.54. The van der Waals surface area contributed by atoms with Crippen LogP contribution in [0.3, 0.4) is 0 Å². The Morgan fingerprint density at radius 1 is 1.20 bits per heavy atom. The molecule has 0 saturated heterocycles. The lowest BCUT2D eigenvalue weighted by Crippen LogP contribution is -2.32. The smallest absolute Gasteiger partial charge is 0.257 e. The van der Waals surface area contributed by atoms with Gasteiger partial charge in [0.15, 0.2) is 0 Å². The number of ether oxygens (including phenoxy) is 1. The molecule has 20 heavy (non-hydrogen) atoms. The van der Waals surface area contributed by atoms with Crippen LogP contribution in [-0.2, 0) is 0 Å². The fraction of sp³-hybridized carbons (Fsp3) is 0.188. The van der Waals surface area contributed by atoms with Gasteiger partial charge in [0.25, 0.3) is 5.91 Å². The third kappa shape index (κ3) is 2.31. The number of hydrogen-bond donors (Lipinski definition) is 0. The number of likely N-dealkylation sites (N-methyl/N-ethyl adjacent to an activating group) is 1. The summed E-state index contributed by atoms with van der Waals surface area (Å²) in [5.74, 6) is 0.619. The van der Waals surface area contributed by atoms with Gasteiger partial charge in [0, 0.05) is 11.5 Å². The lowest BCUT2D eigenvalue weighted by Gasteiger charge is -2.25. The van der Waals surface area contributed by atoms with E-state index in [1.165, 1.54) is 0 Å². The van der Waals surface area contributed by atoms with Crippen molar-refractivity contribution in [2.75, 3.05) is 13.7 Å². The highest BCUT2D eigenvalue weighted by molar-refractivity contribution is 9.10. The standard InChI is InChI=1S/C16H14BrNO2/c1-18-14(11-5-3-2-4-6-11)10-20-15-9-12(17)7-8-13(15)16(18)19/h2-9,14H,10H2,1H3. The highest BCUT2D eigenvalue weighted by Crippen LogP contribution is 2.32. The van der Waals surface area contributed by atoms with Crippen molar-refractivity contribution in [2.24, 2.45) is 0 Å². The van der Waals surface area contributed by atoms with Gasteiger partial charge in [0.1, 0.15) is 12.4 Å². The molecule has 0 aliphatic carbocycles. The van der Waals surface area contributed by atoms with Gasteiger partial charge in [-0.25, -0.2) is 0 Å². The normalized spacial score (nSPS) is 18.2. The van der Waals surface area contributed by atoms with Gasteiger partial charge >= 0.3 is 0 Å². The molecule has 1 amide bonds. The van der Waals surface area contributed by atoms with Crippen molar-refractivity contribution in [1.29, 1.82) is 0 Å². The van der Waals surface area contributed by atoms with Crippen molar-refractivity contribution in [1.82, 2.24) is 4.90 Å². The highest BCUT2D eigenvalue weighted by Gasteiger charge is 2.29. The van der Waals surface area contributed by atoms with E-state index in [1.54, 1.807) is 11.0 Å². The summed E-state index contributed by atoms with van der Waals surface area (Å²) in [7, 11) is 1.82. The van der Waals surface area contributed by atoms with E-state index in [9.17, 15) is 4.79 Å². The van der Waals surface area contributed by atoms with Crippen molar-refractivity contribution in [3.05, 3.63) is 64.1 Å². The fourth-order valence-electron chi connectivity index (χ4n) is 2.40. The number of rotatable bonds is 1. The molecule has 0 saturated carbocycles. The van der Waals surface area contributed by atoms with Crippen LogP contribution in [-0.4, -0.2) is 24.5 Å². The second kappa shape index (κ2) is 5.29. The first-order valence-electron chi connectivity index (χ1n) is 6.41. The first kappa shape index (κ1) is 13.2. The van der Waals surface area contributed by atoms with Crippen LogP contribution in [0.15, 0.2) is 53.0 Å². The molecule has 0 spiro atoms. The predicted molar refractivity (Wildman–Crippen MR) is 80.9 cm³/mol. The Labute approximate surface area is 126 Å². The van der Waals surface area contributed by atoms with Gasteiger partial charge in [-0.1, -0.05) is 46.3 Å². The van der Waals surface area contributed by atoms with Crippen molar-refractivity contribution in [3.63, 3.8) is 0 Å². The van der Waals surface area contributed by atoms with Gasteiger partial charge in [-0.2, -0.15) is 0 Å². The van der Waals surface area contributed by atoms with Crippen LogP contribution in [0.4, 0.5) is 0 Å². The fourth-order valence-corrected chi connectivity index (χ4v) is 2.74. The quantitative estimate of drug-likeness (QED) is 0.798. The van der Waals surface area contributed by atoms with Gasteiger partial charge < -0.3 is 9.64 Å². The zero-order valence-corrected chi connectivity index (χ0v) is 12.6. The average molecular weight is 332 g/mol. The van der Waals surface area contributed by atoms with E-state index in [1.807, 2.05) is 49.5 Å². The van der Waals surface area contributed by atoms with Crippen molar-refractivity contribution >= 4 is 21.8 Å². The molecule has 4 heteroatoms. The van der Waals surface area contributed by atoms with E-state index in [-0.39, 0.29) is 11.9 Å². The molecule has 1 unspecified atom stereocenters. The number of hydrogen-bond acceptors (Lipinski definition) is 2. The van der Waals surface area contributed by atoms with E-state index in [4.69, 9.17) is 4.74 Å². The second-order valence-electron chi connectivity index (χ2n) is 4.79. The molecule has 2 aromatic carbocycles. The van der Waals surface area contributed by atoms with Crippen LogP contribution in [0.5, 0.6) is 5.75 Å². The van der Waals surface area contributed by atoms with Gasteiger partial charge in [0.2, 0.25) is 0 Å². The van der Waals surface area contributed by atoms with Gasteiger partial charge in [-0.15, -0.1) is 0 Å². The first-order chi connectivity index (χ1) is 9.66. The minimum Gasteiger partial charge on any atom is -0.490 e. The molecule has 0 N–H and O–H groups in total. The molecule has 1 heterocycles. The minimum absolute atomic E-state index is 0.0150. The number of carbonyl (C=O) groups excluding carboxylic acids is 1. The van der Waals surface area contributed by atoms with Crippen LogP contribution in [0.25, 0.3) is 0 Å². The molecule has 0 fully saturated rings. The SMILES string of the molecule is CN1C(=O)c2ccc(Br)cc2OCC1c1ccccc1. The highest BCUT2D eigenvalue weighted by atomic mass is 79.9. The minimum atomic E-state index is -0.0742. The number of halogens is 1. The van der Waals surface area contributed by atoms with Crippen molar-refractivity contribution in [3.8, 4) is 5.75 Å². The molecule has 0 bridgehead atoms. The van der Waals surface area contributed by atoms with Gasteiger partial charge in [-0.3, -0.25) is 4.79 Å². The number of fused-ring (bicyclic) bond motifs is 1. The Morgan fingerprint density at radius 2 is 1.95 bits per heavy atom. The Kier molecular flexibility index (Phi) is 3.49. The summed E-state index contributed by atoms with van der Waals surface area (Å²) < 4.78 is 6.75. The number of carbonyl (C=O) groups is 1. The summed E-state index contributed by atoms with van der Waals surface area (Å²) >= 11 is 3.41. The van der Waals surface area contributed by atoms with Gasteiger partial charge in [0.05, 0.1) is 11.6 Å². The molecule has 1 aliphatic heterocycles. The van der Waals surface area contributed by atoms with Crippen LogP contribution < -0.4 is 4.74 Å². The summed E-state index contributed by atoms with van der Waals surface area (Å²) in [5.41, 5.74) is 1.68. The molecule has 3 nitrogen and oxygen atoms in total. The zero-order chi connectivity index (χ0) is 14.1. The Morgan fingerprint density at radius 3 is 2.70 bits per heavy atom. The molecule has 0 aromatic heterocycles. The summed E-state index contributed by atoms with van der Waals surface area (Å²) in [4.78, 5) is 14.3. The lowest BCUT2D eigenvalue weighted by molar-refractivity contribution is 0.0714. The molecule has 102 valence electrons. The third-order valence-corrected chi connectivity index (χ3v) is 4.04. The largest absolute Gasteiger partial charge is 0.490 e. The van der Waals surface area contributed by atoms with Crippen LogP contribution in [0.2, 0.25) is 0 Å². The average Bonchev–Trinajstić information content (AvgIpc) is 2.58. The van der Waals surface area contributed by atoms with E-state index >= 15 is 0 Å². The van der Waals surface area contributed by atoms with E-state index in [0.29, 0.717) is 17.9 Å². The van der Waals surface area contributed by atoms with Crippen molar-refractivity contribution < 1.29 is 9.53 Å². The van der Waals surface area contributed by atoms with Crippen molar-refractivity contribution in [2.45, 2.75) is 6.04 Å². The van der Waals surface area contributed by atoms with Crippen LogP contribution in [0, 0.1) is 0 Å². The second-order valence-corrected chi connectivity index (χ2v) is 5.71. The Bertz CT molecular complexity index is 642. The first-order valence-corrected chi connectivity index (χ1v) is 7.20. The Hall–Kier alpha value is -1.81.